The van der Waals surface area contributed by atoms with Crippen molar-refractivity contribution in [2.75, 3.05) is 39.3 Å². The summed E-state index contributed by atoms with van der Waals surface area (Å²) in [6, 6.07) is 0. The first-order valence-electron chi connectivity index (χ1n) is 4.59. The Balaban J connectivity index is 1.94. The van der Waals surface area contributed by atoms with E-state index >= 15 is 0 Å². The molecule has 70 valence electrons. The molecule has 3 nitrogen and oxygen atoms in total. The van der Waals surface area contributed by atoms with Crippen LogP contribution >= 0.6 is 0 Å². The van der Waals surface area contributed by atoms with E-state index in [1.54, 1.807) is 0 Å². The molecule has 0 aromatic carbocycles. The van der Waals surface area contributed by atoms with E-state index in [9.17, 15) is 0 Å². The molecule has 3 heteroatoms. The van der Waals surface area contributed by atoms with Gasteiger partial charge in [0.25, 0.3) is 0 Å². The Hall–Kier alpha value is -0.540. The van der Waals surface area contributed by atoms with Gasteiger partial charge in [0, 0.05) is 32.7 Å². The summed E-state index contributed by atoms with van der Waals surface area (Å²) < 4.78 is 5.05. The summed E-state index contributed by atoms with van der Waals surface area (Å²) in [5.41, 5.74) is 0. The van der Waals surface area contributed by atoms with Gasteiger partial charge in [-0.1, -0.05) is 6.58 Å². The van der Waals surface area contributed by atoms with Gasteiger partial charge in [-0.2, -0.15) is 0 Å². The number of piperazine rings is 1. The maximum absolute atomic E-state index is 5.05. The lowest BCUT2D eigenvalue weighted by molar-refractivity contribution is 0.193. The second-order valence-electron chi connectivity index (χ2n) is 2.98. The van der Waals surface area contributed by atoms with Crippen LogP contribution in [0.15, 0.2) is 12.8 Å². The fourth-order valence-corrected chi connectivity index (χ4v) is 1.39. The van der Waals surface area contributed by atoms with Crippen molar-refractivity contribution in [1.82, 2.24) is 10.2 Å². The Morgan fingerprint density at radius 1 is 1.42 bits per heavy atom. The van der Waals surface area contributed by atoms with Crippen molar-refractivity contribution in [1.29, 1.82) is 0 Å². The monoisotopic (exact) mass is 170 g/mol. The van der Waals surface area contributed by atoms with E-state index in [0.717, 1.165) is 32.7 Å². The van der Waals surface area contributed by atoms with Crippen LogP contribution < -0.4 is 5.32 Å². The molecule has 1 fully saturated rings. The Labute approximate surface area is 74.4 Å². The van der Waals surface area contributed by atoms with E-state index in [-0.39, 0.29) is 0 Å². The largest absolute Gasteiger partial charge is 0.502 e. The summed E-state index contributed by atoms with van der Waals surface area (Å²) >= 11 is 0. The van der Waals surface area contributed by atoms with E-state index in [4.69, 9.17) is 4.74 Å². The molecule has 0 bridgehead atoms. The van der Waals surface area contributed by atoms with E-state index < -0.39 is 0 Å². The average Bonchev–Trinajstić information content (AvgIpc) is 2.14. The first kappa shape index (κ1) is 9.55. The zero-order valence-corrected chi connectivity index (χ0v) is 7.59. The van der Waals surface area contributed by atoms with Gasteiger partial charge in [0.05, 0.1) is 12.9 Å². The zero-order chi connectivity index (χ0) is 8.65. The third-order valence-corrected chi connectivity index (χ3v) is 2.06. The number of ether oxygens (including phenoxy) is 1. The fraction of sp³-hybridized carbons (Fsp3) is 0.778. The molecule has 1 aliphatic heterocycles. The topological polar surface area (TPSA) is 24.5 Å². The summed E-state index contributed by atoms with van der Waals surface area (Å²) in [5.74, 6) is 0. The molecule has 1 N–H and O–H groups in total. The summed E-state index contributed by atoms with van der Waals surface area (Å²) in [6.07, 6.45) is 2.61. The summed E-state index contributed by atoms with van der Waals surface area (Å²) in [6.45, 7) is 10.1. The molecule has 0 amide bonds. The van der Waals surface area contributed by atoms with Gasteiger partial charge in [-0.25, -0.2) is 0 Å². The molecular weight excluding hydrogens is 152 g/mol. The summed E-state index contributed by atoms with van der Waals surface area (Å²) in [4.78, 5) is 2.46. The van der Waals surface area contributed by atoms with Crippen LogP contribution in [0, 0.1) is 0 Å². The molecule has 0 saturated carbocycles. The minimum Gasteiger partial charge on any atom is -0.502 e. The molecule has 1 heterocycles. The van der Waals surface area contributed by atoms with Crippen molar-refractivity contribution in [2.45, 2.75) is 6.42 Å². The molecule has 0 radical (unpaired) electrons. The maximum Gasteiger partial charge on any atom is 0.0885 e. The van der Waals surface area contributed by atoms with Crippen molar-refractivity contribution in [3.63, 3.8) is 0 Å². The molecule has 1 aliphatic rings. The molecule has 0 aromatic rings. The minimum atomic E-state index is 0.799. The first-order valence-corrected chi connectivity index (χ1v) is 4.59. The maximum atomic E-state index is 5.05. The van der Waals surface area contributed by atoms with Crippen LogP contribution in [0.2, 0.25) is 0 Å². The lowest BCUT2D eigenvalue weighted by Gasteiger charge is -2.26. The van der Waals surface area contributed by atoms with Crippen LogP contribution in [-0.4, -0.2) is 44.2 Å². The fourth-order valence-electron chi connectivity index (χ4n) is 1.39. The third kappa shape index (κ3) is 3.74. The lowest BCUT2D eigenvalue weighted by Crippen LogP contribution is -2.43. The van der Waals surface area contributed by atoms with Crippen LogP contribution in [0.5, 0.6) is 0 Å². The quantitative estimate of drug-likeness (QED) is 0.478. The van der Waals surface area contributed by atoms with E-state index in [1.807, 2.05) is 0 Å². The second-order valence-corrected chi connectivity index (χ2v) is 2.98. The Morgan fingerprint density at radius 2 is 2.17 bits per heavy atom. The number of hydrogen-bond acceptors (Lipinski definition) is 3. The summed E-state index contributed by atoms with van der Waals surface area (Å²) in [7, 11) is 0. The molecule has 0 aromatic heterocycles. The van der Waals surface area contributed by atoms with Gasteiger partial charge in [0.2, 0.25) is 0 Å². The number of rotatable bonds is 5. The molecule has 0 unspecified atom stereocenters. The highest BCUT2D eigenvalue weighted by molar-refractivity contribution is 4.67. The summed E-state index contributed by atoms with van der Waals surface area (Å²) in [5, 5.41) is 3.33. The SMILES string of the molecule is C=COCCCN1CCNCC1. The van der Waals surface area contributed by atoms with Crippen LogP contribution in [-0.2, 0) is 4.74 Å². The zero-order valence-electron chi connectivity index (χ0n) is 7.59. The van der Waals surface area contributed by atoms with E-state index in [2.05, 4.69) is 16.8 Å². The predicted molar refractivity (Wildman–Crippen MR) is 50.1 cm³/mol. The Kier molecular flexibility index (Phi) is 4.80. The Bertz CT molecular complexity index is 122. The molecule has 1 rings (SSSR count). The molecular formula is C9H18N2O. The predicted octanol–water partition coefficient (Wildman–Crippen LogP) is 0.442. The van der Waals surface area contributed by atoms with Gasteiger partial charge in [-0.3, -0.25) is 0 Å². The average molecular weight is 170 g/mol. The van der Waals surface area contributed by atoms with Gasteiger partial charge in [0.1, 0.15) is 0 Å². The highest BCUT2D eigenvalue weighted by Gasteiger charge is 2.07. The third-order valence-electron chi connectivity index (χ3n) is 2.06. The van der Waals surface area contributed by atoms with Crippen LogP contribution in [0.1, 0.15) is 6.42 Å². The molecule has 12 heavy (non-hydrogen) atoms. The number of hydrogen-bond donors (Lipinski definition) is 1. The highest BCUT2D eigenvalue weighted by Crippen LogP contribution is 1.94. The first-order chi connectivity index (χ1) is 5.93. The van der Waals surface area contributed by atoms with Crippen molar-refractivity contribution >= 4 is 0 Å². The number of nitrogens with one attached hydrogen (secondary N) is 1. The number of nitrogens with zero attached hydrogens (tertiary/aromatic N) is 1. The van der Waals surface area contributed by atoms with Crippen molar-refractivity contribution in [3.05, 3.63) is 12.8 Å². The second kappa shape index (κ2) is 6.03. The van der Waals surface area contributed by atoms with Gasteiger partial charge in [0.15, 0.2) is 0 Å². The standard InChI is InChI=1S/C9H18N2O/c1-2-12-9-3-6-11-7-4-10-5-8-11/h2,10H,1,3-9H2. The molecule has 0 spiro atoms. The van der Waals surface area contributed by atoms with Gasteiger partial charge < -0.3 is 15.0 Å². The smallest absolute Gasteiger partial charge is 0.0885 e. The van der Waals surface area contributed by atoms with Gasteiger partial charge in [-0.15, -0.1) is 0 Å². The van der Waals surface area contributed by atoms with Gasteiger partial charge in [-0.05, 0) is 6.42 Å². The van der Waals surface area contributed by atoms with E-state index in [1.165, 1.54) is 19.4 Å². The van der Waals surface area contributed by atoms with E-state index in [0.29, 0.717) is 0 Å². The Morgan fingerprint density at radius 3 is 2.83 bits per heavy atom. The van der Waals surface area contributed by atoms with Crippen LogP contribution in [0.4, 0.5) is 0 Å². The lowest BCUT2D eigenvalue weighted by atomic mass is 10.3. The minimum absolute atomic E-state index is 0.799. The normalized spacial score (nSPS) is 19.0. The molecule has 1 saturated heterocycles. The van der Waals surface area contributed by atoms with Crippen molar-refractivity contribution < 1.29 is 4.74 Å². The van der Waals surface area contributed by atoms with Crippen molar-refractivity contribution in [3.8, 4) is 0 Å². The van der Waals surface area contributed by atoms with Crippen LogP contribution in [0.3, 0.4) is 0 Å². The highest BCUT2D eigenvalue weighted by atomic mass is 16.5. The van der Waals surface area contributed by atoms with Crippen molar-refractivity contribution in [2.24, 2.45) is 0 Å². The van der Waals surface area contributed by atoms with Crippen LogP contribution in [0.25, 0.3) is 0 Å². The molecule has 0 atom stereocenters. The molecule has 0 aliphatic carbocycles. The van der Waals surface area contributed by atoms with Gasteiger partial charge >= 0.3 is 0 Å².